The van der Waals surface area contributed by atoms with Gasteiger partial charge in [-0.25, -0.2) is 4.98 Å². The van der Waals surface area contributed by atoms with E-state index >= 15 is 0 Å². The van der Waals surface area contributed by atoms with Gasteiger partial charge in [0.1, 0.15) is 23.2 Å². The van der Waals surface area contributed by atoms with Gasteiger partial charge in [-0.1, -0.05) is 11.3 Å². The number of nitrogens with zero attached hydrogens (tertiary/aromatic N) is 5. The molecule has 0 radical (unpaired) electrons. The van der Waals surface area contributed by atoms with Gasteiger partial charge in [0.05, 0.1) is 22.2 Å². The minimum absolute atomic E-state index is 0.0151. The molecule has 164 valence electrons. The van der Waals surface area contributed by atoms with Gasteiger partial charge in [-0.05, 0) is 45.9 Å². The average molecular weight is 447 g/mol. The SMILES string of the molecule is Cn1cc2cc(-c3cc4sc(OC5CC(C)(C)NC(C)(C)C5)nc4cn3)cc(C#N)c2n1. The maximum atomic E-state index is 9.57. The van der Waals surface area contributed by atoms with Crippen molar-refractivity contribution in [1.29, 1.82) is 5.26 Å². The number of nitrogens with one attached hydrogen (secondary N) is 1. The van der Waals surface area contributed by atoms with Crippen LogP contribution >= 0.6 is 11.3 Å². The molecule has 0 spiro atoms. The maximum Gasteiger partial charge on any atom is 0.274 e. The predicted octanol–water partition coefficient (Wildman–Crippen LogP) is 4.80. The van der Waals surface area contributed by atoms with Crippen LogP contribution in [0.3, 0.4) is 0 Å². The van der Waals surface area contributed by atoms with Crippen LogP contribution in [-0.2, 0) is 7.05 Å². The fourth-order valence-electron chi connectivity index (χ4n) is 4.96. The van der Waals surface area contributed by atoms with Crippen molar-refractivity contribution in [3.8, 4) is 22.5 Å². The summed E-state index contributed by atoms with van der Waals surface area (Å²) in [6, 6.07) is 8.15. The largest absolute Gasteiger partial charge is 0.467 e. The Labute approximate surface area is 191 Å². The molecule has 3 aromatic heterocycles. The first-order chi connectivity index (χ1) is 15.1. The molecule has 1 N–H and O–H groups in total. The molecule has 0 bridgehead atoms. The van der Waals surface area contributed by atoms with Gasteiger partial charge in [0.2, 0.25) is 0 Å². The Balaban J connectivity index is 1.46. The van der Waals surface area contributed by atoms with Crippen molar-refractivity contribution in [2.24, 2.45) is 7.05 Å². The highest BCUT2D eigenvalue weighted by Gasteiger charge is 2.39. The van der Waals surface area contributed by atoms with Gasteiger partial charge in [0.15, 0.2) is 0 Å². The van der Waals surface area contributed by atoms with Crippen LogP contribution in [0.1, 0.15) is 46.1 Å². The van der Waals surface area contributed by atoms with E-state index in [4.69, 9.17) is 4.74 Å². The van der Waals surface area contributed by atoms with Crippen molar-refractivity contribution in [2.75, 3.05) is 0 Å². The first-order valence-corrected chi connectivity index (χ1v) is 11.5. The third kappa shape index (κ3) is 3.94. The molecule has 1 aliphatic rings. The van der Waals surface area contributed by atoms with Crippen LogP contribution in [0.15, 0.2) is 30.6 Å². The summed E-state index contributed by atoms with van der Waals surface area (Å²) in [4.78, 5) is 9.29. The maximum absolute atomic E-state index is 9.57. The van der Waals surface area contributed by atoms with E-state index in [9.17, 15) is 5.26 Å². The summed E-state index contributed by atoms with van der Waals surface area (Å²) in [6.07, 6.45) is 5.67. The number of nitriles is 1. The van der Waals surface area contributed by atoms with Crippen LogP contribution in [0, 0.1) is 11.3 Å². The summed E-state index contributed by atoms with van der Waals surface area (Å²) in [5.41, 5.74) is 3.80. The van der Waals surface area contributed by atoms with Gasteiger partial charge in [0, 0.05) is 48.1 Å². The molecule has 0 saturated carbocycles. The minimum atomic E-state index is 0.0151. The molecule has 8 heteroatoms. The van der Waals surface area contributed by atoms with E-state index in [2.05, 4.69) is 54.1 Å². The standard InChI is InChI=1S/C24H26N6OS/c1-23(2)9-17(10-24(3,4)29-23)31-22-27-19-12-26-18(8-20(19)32-22)14-6-15(11-25)21-16(7-14)13-30(5)28-21/h6-8,12-13,17,29H,9-10H2,1-5H3. The van der Waals surface area contributed by atoms with Gasteiger partial charge in [0.25, 0.3) is 5.19 Å². The monoisotopic (exact) mass is 446 g/mol. The Morgan fingerprint density at radius 2 is 1.94 bits per heavy atom. The number of hydrogen-bond donors (Lipinski definition) is 1. The van der Waals surface area contributed by atoms with E-state index < -0.39 is 0 Å². The average Bonchev–Trinajstić information content (AvgIpc) is 3.25. The molecule has 4 heterocycles. The highest BCUT2D eigenvalue weighted by Crippen LogP contribution is 2.36. The summed E-state index contributed by atoms with van der Waals surface area (Å²) < 4.78 is 9.08. The Morgan fingerprint density at radius 3 is 2.66 bits per heavy atom. The molecule has 0 atom stereocenters. The number of benzene rings is 1. The van der Waals surface area contributed by atoms with E-state index in [-0.39, 0.29) is 17.2 Å². The molecule has 7 nitrogen and oxygen atoms in total. The third-order valence-electron chi connectivity index (χ3n) is 5.81. The van der Waals surface area contributed by atoms with Gasteiger partial charge < -0.3 is 10.1 Å². The topological polar surface area (TPSA) is 88.6 Å². The Morgan fingerprint density at radius 1 is 1.19 bits per heavy atom. The first-order valence-electron chi connectivity index (χ1n) is 10.7. The second-order valence-electron chi connectivity index (χ2n) is 9.93. The van der Waals surface area contributed by atoms with Crippen LogP contribution < -0.4 is 10.1 Å². The predicted molar refractivity (Wildman–Crippen MR) is 127 cm³/mol. The van der Waals surface area contributed by atoms with Crippen LogP contribution in [-0.4, -0.2) is 36.9 Å². The minimum Gasteiger partial charge on any atom is -0.467 e. The zero-order valence-corrected chi connectivity index (χ0v) is 19.7. The normalized spacial score (nSPS) is 18.1. The zero-order valence-electron chi connectivity index (χ0n) is 18.9. The van der Waals surface area contributed by atoms with Gasteiger partial charge in [-0.3, -0.25) is 9.67 Å². The Hall–Kier alpha value is -3.02. The van der Waals surface area contributed by atoms with Crippen molar-refractivity contribution in [3.05, 3.63) is 36.2 Å². The number of aromatic nitrogens is 4. The summed E-state index contributed by atoms with van der Waals surface area (Å²) in [5.74, 6) is 0. The van der Waals surface area contributed by atoms with Gasteiger partial charge >= 0.3 is 0 Å². The second kappa shape index (κ2) is 7.26. The molecule has 0 amide bonds. The number of piperidine rings is 1. The van der Waals surface area contributed by atoms with Crippen LogP contribution in [0.25, 0.3) is 32.4 Å². The van der Waals surface area contributed by atoms with Crippen molar-refractivity contribution < 1.29 is 4.74 Å². The van der Waals surface area contributed by atoms with Crippen molar-refractivity contribution in [2.45, 2.75) is 57.7 Å². The van der Waals surface area contributed by atoms with E-state index in [0.29, 0.717) is 16.3 Å². The van der Waals surface area contributed by atoms with Gasteiger partial charge in [-0.15, -0.1) is 0 Å². The molecule has 1 aromatic carbocycles. The van der Waals surface area contributed by atoms with Crippen molar-refractivity contribution in [3.63, 3.8) is 0 Å². The lowest BCUT2D eigenvalue weighted by Crippen LogP contribution is -2.60. The number of thiazole rings is 1. The van der Waals surface area contributed by atoms with Gasteiger partial charge in [-0.2, -0.15) is 10.4 Å². The Kier molecular flexibility index (Phi) is 4.73. The van der Waals surface area contributed by atoms with Crippen molar-refractivity contribution in [1.82, 2.24) is 25.1 Å². The molecule has 5 rings (SSSR count). The van der Waals surface area contributed by atoms with E-state index in [1.807, 2.05) is 31.4 Å². The lowest BCUT2D eigenvalue weighted by atomic mass is 9.81. The number of fused-ring (bicyclic) bond motifs is 2. The molecule has 32 heavy (non-hydrogen) atoms. The highest BCUT2D eigenvalue weighted by atomic mass is 32.1. The lowest BCUT2D eigenvalue weighted by Gasteiger charge is -2.45. The summed E-state index contributed by atoms with van der Waals surface area (Å²) >= 11 is 1.54. The van der Waals surface area contributed by atoms with Crippen LogP contribution in [0.4, 0.5) is 0 Å². The fourth-order valence-corrected chi connectivity index (χ4v) is 5.85. The van der Waals surface area contributed by atoms with E-state index in [0.717, 1.165) is 39.7 Å². The number of pyridine rings is 1. The smallest absolute Gasteiger partial charge is 0.274 e. The van der Waals surface area contributed by atoms with Crippen LogP contribution in [0.5, 0.6) is 5.19 Å². The number of rotatable bonds is 3. The number of aryl methyl sites for hydroxylation is 1. The molecule has 0 aliphatic carbocycles. The summed E-state index contributed by atoms with van der Waals surface area (Å²) in [7, 11) is 1.86. The molecular formula is C24H26N6OS. The third-order valence-corrected chi connectivity index (χ3v) is 6.72. The quantitative estimate of drug-likeness (QED) is 0.486. The molecule has 4 aromatic rings. The lowest BCUT2D eigenvalue weighted by molar-refractivity contribution is 0.0559. The van der Waals surface area contributed by atoms with E-state index in [1.54, 1.807) is 22.2 Å². The number of hydrogen-bond acceptors (Lipinski definition) is 7. The second-order valence-corrected chi connectivity index (χ2v) is 10.9. The Bertz CT molecular complexity index is 1360. The molecule has 1 saturated heterocycles. The molecule has 0 unspecified atom stereocenters. The molecule has 1 aliphatic heterocycles. The summed E-state index contributed by atoms with van der Waals surface area (Å²) in [6.45, 7) is 8.86. The first kappa shape index (κ1) is 20.9. The highest BCUT2D eigenvalue weighted by molar-refractivity contribution is 7.20. The number of ether oxygens (including phenoxy) is 1. The zero-order chi connectivity index (χ0) is 22.7. The molecule has 1 fully saturated rings. The summed E-state index contributed by atoms with van der Waals surface area (Å²) in [5, 5.41) is 19.3. The molecular weight excluding hydrogens is 420 g/mol. The van der Waals surface area contributed by atoms with E-state index in [1.165, 1.54) is 0 Å². The van der Waals surface area contributed by atoms with Crippen molar-refractivity contribution >= 4 is 32.5 Å². The van der Waals surface area contributed by atoms with Crippen LogP contribution in [0.2, 0.25) is 0 Å². The fraction of sp³-hybridized carbons (Fsp3) is 0.417.